The zero-order valence-electron chi connectivity index (χ0n) is 8.81. The second-order valence-corrected chi connectivity index (χ2v) is 5.37. The van der Waals surface area contributed by atoms with E-state index >= 15 is 0 Å². The van der Waals surface area contributed by atoms with Crippen molar-refractivity contribution >= 4 is 27.7 Å². The lowest BCUT2D eigenvalue weighted by molar-refractivity contribution is -0.127. The number of hydrogen-bond acceptors (Lipinski definition) is 3. The van der Waals surface area contributed by atoms with Crippen molar-refractivity contribution in [3.63, 3.8) is 0 Å². The van der Waals surface area contributed by atoms with Crippen LogP contribution in [0.3, 0.4) is 0 Å². The summed E-state index contributed by atoms with van der Waals surface area (Å²) in [6.07, 6.45) is 1.30. The minimum atomic E-state index is -3.66. The molecule has 1 fully saturated rings. The van der Waals surface area contributed by atoms with Crippen LogP contribution in [-0.4, -0.2) is 41.5 Å². The number of hydrogen-bond donors (Lipinski definition) is 0. The Hall–Kier alpha value is -0.330. The standard InChI is InChI=1S/C8H15ClN2O3S/c1-3-5-7-8(12)11(6-9)15(13,14)10(7)4-2/h7H,3-6H2,1-2H3. The second kappa shape index (κ2) is 4.67. The van der Waals surface area contributed by atoms with Crippen molar-refractivity contribution < 1.29 is 13.2 Å². The molecule has 1 rings (SSSR count). The van der Waals surface area contributed by atoms with Crippen LogP contribution >= 0.6 is 11.6 Å². The highest BCUT2D eigenvalue weighted by Gasteiger charge is 2.48. The number of halogens is 1. The van der Waals surface area contributed by atoms with Crippen LogP contribution in [0.15, 0.2) is 0 Å². The van der Waals surface area contributed by atoms with Crippen molar-refractivity contribution in [1.29, 1.82) is 0 Å². The van der Waals surface area contributed by atoms with Crippen LogP contribution < -0.4 is 0 Å². The Morgan fingerprint density at radius 2 is 2.00 bits per heavy atom. The van der Waals surface area contributed by atoms with Gasteiger partial charge in [0.15, 0.2) is 0 Å². The van der Waals surface area contributed by atoms with E-state index in [1.165, 1.54) is 4.31 Å². The maximum atomic E-state index is 11.8. The molecule has 5 nitrogen and oxygen atoms in total. The van der Waals surface area contributed by atoms with E-state index in [0.717, 1.165) is 10.7 Å². The van der Waals surface area contributed by atoms with Gasteiger partial charge in [-0.25, -0.2) is 4.31 Å². The number of likely N-dealkylation sites (N-methyl/N-ethyl adjacent to an activating group) is 1. The molecule has 0 aromatic carbocycles. The highest BCUT2D eigenvalue weighted by atomic mass is 35.5. The smallest absolute Gasteiger partial charge is 0.272 e. The van der Waals surface area contributed by atoms with Gasteiger partial charge in [-0.05, 0) is 6.42 Å². The molecule has 0 aromatic heterocycles. The zero-order valence-corrected chi connectivity index (χ0v) is 10.4. The molecule has 1 unspecified atom stereocenters. The number of nitrogens with zero attached hydrogens (tertiary/aromatic N) is 2. The number of amides is 1. The van der Waals surface area contributed by atoms with Crippen molar-refractivity contribution in [2.45, 2.75) is 32.7 Å². The van der Waals surface area contributed by atoms with Crippen LogP contribution in [-0.2, 0) is 15.0 Å². The molecule has 0 bridgehead atoms. The molecule has 1 heterocycles. The fourth-order valence-corrected chi connectivity index (χ4v) is 3.79. The molecule has 1 saturated heterocycles. The molecule has 0 saturated carbocycles. The number of rotatable bonds is 4. The van der Waals surface area contributed by atoms with E-state index in [2.05, 4.69) is 0 Å². The maximum absolute atomic E-state index is 11.8. The van der Waals surface area contributed by atoms with Gasteiger partial charge in [-0.3, -0.25) is 4.79 Å². The summed E-state index contributed by atoms with van der Waals surface area (Å²) in [5.41, 5.74) is 0. The van der Waals surface area contributed by atoms with E-state index in [9.17, 15) is 13.2 Å². The van der Waals surface area contributed by atoms with E-state index < -0.39 is 22.2 Å². The van der Waals surface area contributed by atoms with E-state index in [4.69, 9.17) is 11.6 Å². The Balaban J connectivity index is 3.07. The largest absolute Gasteiger partial charge is 0.308 e. The van der Waals surface area contributed by atoms with E-state index in [-0.39, 0.29) is 6.00 Å². The first-order valence-corrected chi connectivity index (χ1v) is 6.83. The first kappa shape index (κ1) is 12.7. The predicted molar refractivity (Wildman–Crippen MR) is 57.6 cm³/mol. The molecule has 88 valence electrons. The molecular weight excluding hydrogens is 240 g/mol. The molecule has 7 heteroatoms. The van der Waals surface area contributed by atoms with Crippen LogP contribution in [0.1, 0.15) is 26.7 Å². The third-order valence-electron chi connectivity index (χ3n) is 2.44. The topological polar surface area (TPSA) is 57.7 Å². The van der Waals surface area contributed by atoms with Gasteiger partial charge >= 0.3 is 10.2 Å². The summed E-state index contributed by atoms with van der Waals surface area (Å²) in [6, 6.07) is -0.874. The first-order chi connectivity index (χ1) is 7.00. The van der Waals surface area contributed by atoms with Crippen molar-refractivity contribution in [3.8, 4) is 0 Å². The van der Waals surface area contributed by atoms with Gasteiger partial charge in [-0.1, -0.05) is 20.3 Å². The summed E-state index contributed by atoms with van der Waals surface area (Å²) in [5.74, 6) is -0.409. The zero-order chi connectivity index (χ0) is 11.6. The average Bonchev–Trinajstić information content (AvgIpc) is 2.34. The Kier molecular flexibility index (Phi) is 3.97. The summed E-state index contributed by atoms with van der Waals surface area (Å²) < 4.78 is 25.5. The van der Waals surface area contributed by atoms with Crippen molar-refractivity contribution in [1.82, 2.24) is 8.61 Å². The first-order valence-electron chi connectivity index (χ1n) is 4.90. The predicted octanol–water partition coefficient (Wildman–Crippen LogP) is 0.760. The molecule has 0 spiro atoms. The van der Waals surface area contributed by atoms with Gasteiger partial charge in [0.1, 0.15) is 12.0 Å². The van der Waals surface area contributed by atoms with Crippen LogP contribution in [0, 0.1) is 0 Å². The normalized spacial score (nSPS) is 26.2. The molecular formula is C8H15ClN2O3S. The quantitative estimate of drug-likeness (QED) is 0.550. The SMILES string of the molecule is CCCC1C(=O)N(CCl)S(=O)(=O)N1CC. The highest BCUT2D eigenvalue weighted by Crippen LogP contribution is 2.26. The fourth-order valence-electron chi connectivity index (χ4n) is 1.74. The summed E-state index contributed by atoms with van der Waals surface area (Å²) in [6.45, 7) is 3.93. The van der Waals surface area contributed by atoms with Gasteiger partial charge in [0.05, 0.1) is 0 Å². The molecule has 15 heavy (non-hydrogen) atoms. The van der Waals surface area contributed by atoms with Crippen LogP contribution in [0.2, 0.25) is 0 Å². The van der Waals surface area contributed by atoms with Crippen LogP contribution in [0.5, 0.6) is 0 Å². The van der Waals surface area contributed by atoms with Gasteiger partial charge in [0.25, 0.3) is 5.91 Å². The lowest BCUT2D eigenvalue weighted by Gasteiger charge is -2.17. The molecule has 1 aliphatic rings. The van der Waals surface area contributed by atoms with E-state index in [0.29, 0.717) is 13.0 Å². The lowest BCUT2D eigenvalue weighted by Crippen LogP contribution is -2.35. The minimum absolute atomic E-state index is 0.298. The Morgan fingerprint density at radius 3 is 2.40 bits per heavy atom. The molecule has 1 amide bonds. The minimum Gasteiger partial charge on any atom is -0.272 e. The van der Waals surface area contributed by atoms with Gasteiger partial charge in [-0.15, -0.1) is 11.6 Å². The van der Waals surface area contributed by atoms with Gasteiger partial charge < -0.3 is 0 Å². The van der Waals surface area contributed by atoms with Crippen molar-refractivity contribution in [2.75, 3.05) is 12.5 Å². The van der Waals surface area contributed by atoms with Gasteiger partial charge in [-0.2, -0.15) is 12.7 Å². The summed E-state index contributed by atoms with van der Waals surface area (Å²) in [7, 11) is -3.66. The molecule has 1 atom stereocenters. The lowest BCUT2D eigenvalue weighted by atomic mass is 10.1. The summed E-state index contributed by atoms with van der Waals surface area (Å²) in [4.78, 5) is 11.7. The summed E-state index contributed by atoms with van der Waals surface area (Å²) in [5, 5.41) is 0. The third-order valence-corrected chi connectivity index (χ3v) is 4.79. The summed E-state index contributed by atoms with van der Waals surface area (Å²) >= 11 is 5.47. The molecule has 1 aliphatic heterocycles. The molecule has 0 N–H and O–H groups in total. The molecule has 0 aliphatic carbocycles. The number of carbonyl (C=O) groups excluding carboxylic acids is 1. The molecule has 0 aromatic rings. The Labute approximate surface area is 95.2 Å². The monoisotopic (exact) mass is 254 g/mol. The van der Waals surface area contributed by atoms with Gasteiger partial charge in [0, 0.05) is 6.54 Å². The van der Waals surface area contributed by atoms with E-state index in [1.54, 1.807) is 6.92 Å². The highest BCUT2D eigenvalue weighted by molar-refractivity contribution is 7.87. The maximum Gasteiger partial charge on any atom is 0.308 e. The third kappa shape index (κ3) is 1.98. The Bertz CT molecular complexity index is 344. The Morgan fingerprint density at radius 1 is 1.40 bits per heavy atom. The van der Waals surface area contributed by atoms with Crippen LogP contribution in [0.4, 0.5) is 0 Å². The fraction of sp³-hybridized carbons (Fsp3) is 0.875. The number of alkyl halides is 1. The van der Waals surface area contributed by atoms with Crippen molar-refractivity contribution in [2.24, 2.45) is 0 Å². The average molecular weight is 255 g/mol. The number of carbonyl (C=O) groups is 1. The molecule has 0 radical (unpaired) electrons. The van der Waals surface area contributed by atoms with Crippen molar-refractivity contribution in [3.05, 3.63) is 0 Å². The van der Waals surface area contributed by atoms with Crippen LogP contribution in [0.25, 0.3) is 0 Å². The second-order valence-electron chi connectivity index (χ2n) is 3.32. The van der Waals surface area contributed by atoms with Gasteiger partial charge in [0.2, 0.25) is 0 Å². The van der Waals surface area contributed by atoms with E-state index in [1.807, 2.05) is 6.92 Å².